The molecule has 0 saturated carbocycles. The Morgan fingerprint density at radius 3 is 3.00 bits per heavy atom. The molecule has 0 spiro atoms. The van der Waals surface area contributed by atoms with E-state index in [1.54, 1.807) is 16.8 Å². The largest absolute Gasteiger partial charge is 0.307 e. The molecule has 1 aromatic carbocycles. The molecule has 22 heavy (non-hydrogen) atoms. The summed E-state index contributed by atoms with van der Waals surface area (Å²) in [5.41, 5.74) is 4.32. The van der Waals surface area contributed by atoms with Crippen LogP contribution in [0.2, 0.25) is 0 Å². The molecule has 110 valence electrons. The number of aromatic nitrogens is 3. The van der Waals surface area contributed by atoms with E-state index in [4.69, 9.17) is 0 Å². The lowest BCUT2D eigenvalue weighted by molar-refractivity contribution is 0.0980. The molecule has 0 unspecified atom stereocenters. The monoisotopic (exact) mass is 292 g/mol. The third-order valence-corrected chi connectivity index (χ3v) is 4.11. The van der Waals surface area contributed by atoms with Gasteiger partial charge in [0.15, 0.2) is 5.65 Å². The van der Waals surface area contributed by atoms with Crippen LogP contribution in [0.1, 0.15) is 28.2 Å². The van der Waals surface area contributed by atoms with Crippen LogP contribution in [-0.2, 0) is 6.42 Å². The summed E-state index contributed by atoms with van der Waals surface area (Å²) in [6, 6.07) is 11.7. The number of carbonyl (C=O) groups excluding carboxylic acids is 1. The highest BCUT2D eigenvalue weighted by Crippen LogP contribution is 2.28. The first-order valence-electron chi connectivity index (χ1n) is 7.45. The molecule has 0 N–H and O–H groups in total. The molecule has 3 heterocycles. The van der Waals surface area contributed by atoms with E-state index in [-0.39, 0.29) is 5.91 Å². The fourth-order valence-electron chi connectivity index (χ4n) is 3.06. The van der Waals surface area contributed by atoms with E-state index in [1.165, 1.54) is 5.56 Å². The van der Waals surface area contributed by atoms with Crippen molar-refractivity contribution in [2.45, 2.75) is 19.8 Å². The van der Waals surface area contributed by atoms with Crippen LogP contribution in [0.4, 0.5) is 5.69 Å². The second kappa shape index (κ2) is 4.94. The van der Waals surface area contributed by atoms with Gasteiger partial charge in [0.2, 0.25) is 0 Å². The number of hydrogen-bond acceptors (Lipinski definition) is 3. The van der Waals surface area contributed by atoms with Gasteiger partial charge < -0.3 is 4.90 Å². The van der Waals surface area contributed by atoms with Gasteiger partial charge >= 0.3 is 0 Å². The van der Waals surface area contributed by atoms with Gasteiger partial charge in [0, 0.05) is 24.0 Å². The van der Waals surface area contributed by atoms with Crippen molar-refractivity contribution in [3.63, 3.8) is 0 Å². The van der Waals surface area contributed by atoms with Crippen molar-refractivity contribution in [3.8, 4) is 0 Å². The van der Waals surface area contributed by atoms with Gasteiger partial charge in [0.05, 0.1) is 6.20 Å². The molecule has 1 aliphatic rings. The first-order chi connectivity index (χ1) is 10.7. The molecular weight excluding hydrogens is 276 g/mol. The number of aryl methyl sites for hydroxylation is 2. The van der Waals surface area contributed by atoms with Gasteiger partial charge in [-0.3, -0.25) is 4.79 Å². The molecule has 1 amide bonds. The molecule has 2 aromatic heterocycles. The number of rotatable bonds is 1. The van der Waals surface area contributed by atoms with Gasteiger partial charge in [-0.1, -0.05) is 18.2 Å². The van der Waals surface area contributed by atoms with E-state index in [0.29, 0.717) is 11.3 Å². The molecule has 0 aliphatic carbocycles. The molecule has 4 rings (SSSR count). The predicted molar refractivity (Wildman–Crippen MR) is 84.2 cm³/mol. The van der Waals surface area contributed by atoms with E-state index in [1.807, 2.05) is 36.1 Å². The quantitative estimate of drug-likeness (QED) is 0.693. The Kier molecular flexibility index (Phi) is 2.92. The molecule has 0 saturated heterocycles. The van der Waals surface area contributed by atoms with Gasteiger partial charge in [-0.2, -0.15) is 5.10 Å². The topological polar surface area (TPSA) is 50.5 Å². The Hall–Kier alpha value is -2.69. The molecule has 1 aliphatic heterocycles. The summed E-state index contributed by atoms with van der Waals surface area (Å²) in [5, 5.41) is 4.20. The number of benzene rings is 1. The van der Waals surface area contributed by atoms with Crippen LogP contribution in [-0.4, -0.2) is 27.0 Å². The Morgan fingerprint density at radius 1 is 1.23 bits per heavy atom. The molecule has 3 aromatic rings. The van der Waals surface area contributed by atoms with Crippen molar-refractivity contribution in [1.29, 1.82) is 0 Å². The third kappa shape index (κ3) is 1.97. The number of hydrogen-bond donors (Lipinski definition) is 0. The average Bonchev–Trinajstić information content (AvgIpc) is 3.03. The average molecular weight is 292 g/mol. The van der Waals surface area contributed by atoms with Gasteiger partial charge in [0.1, 0.15) is 5.69 Å². The summed E-state index contributed by atoms with van der Waals surface area (Å²) < 4.78 is 1.74. The second-order valence-corrected chi connectivity index (χ2v) is 5.57. The summed E-state index contributed by atoms with van der Waals surface area (Å²) in [4.78, 5) is 19.2. The highest BCUT2D eigenvalue weighted by atomic mass is 16.2. The van der Waals surface area contributed by atoms with Crippen LogP contribution in [0.5, 0.6) is 0 Å². The molecule has 0 atom stereocenters. The van der Waals surface area contributed by atoms with Crippen LogP contribution >= 0.6 is 0 Å². The number of carbonyl (C=O) groups is 1. The van der Waals surface area contributed by atoms with Crippen molar-refractivity contribution < 1.29 is 4.79 Å². The van der Waals surface area contributed by atoms with Gasteiger partial charge in [-0.05, 0) is 37.5 Å². The van der Waals surface area contributed by atoms with Crippen LogP contribution in [0.15, 0.2) is 42.6 Å². The van der Waals surface area contributed by atoms with Crippen LogP contribution in [0.3, 0.4) is 0 Å². The van der Waals surface area contributed by atoms with Crippen LogP contribution in [0.25, 0.3) is 5.65 Å². The number of anilines is 1. The normalized spacial score (nSPS) is 14.1. The van der Waals surface area contributed by atoms with E-state index in [0.717, 1.165) is 30.8 Å². The van der Waals surface area contributed by atoms with E-state index >= 15 is 0 Å². The summed E-state index contributed by atoms with van der Waals surface area (Å²) >= 11 is 0. The molecule has 0 fully saturated rings. The van der Waals surface area contributed by atoms with Crippen molar-refractivity contribution in [3.05, 3.63) is 59.5 Å². The number of nitrogens with zero attached hydrogens (tertiary/aromatic N) is 4. The lowest BCUT2D eigenvalue weighted by Crippen LogP contribution is -2.36. The SMILES string of the molecule is Cc1cc(C(=O)N2CCCc3ccccc32)nc2ccnn12. The van der Waals surface area contributed by atoms with E-state index in [2.05, 4.69) is 16.1 Å². The predicted octanol–water partition coefficient (Wildman–Crippen LogP) is 2.63. The van der Waals surface area contributed by atoms with E-state index in [9.17, 15) is 4.79 Å². The van der Waals surface area contributed by atoms with Gasteiger partial charge in [-0.15, -0.1) is 0 Å². The summed E-state index contributed by atoms with van der Waals surface area (Å²) in [7, 11) is 0. The summed E-state index contributed by atoms with van der Waals surface area (Å²) in [6.07, 6.45) is 3.70. The molecular formula is C17H16N4O. The zero-order valence-electron chi connectivity index (χ0n) is 12.4. The maximum Gasteiger partial charge on any atom is 0.277 e. The lowest BCUT2D eigenvalue weighted by Gasteiger charge is -2.29. The zero-order chi connectivity index (χ0) is 15.1. The molecule has 5 nitrogen and oxygen atoms in total. The minimum absolute atomic E-state index is 0.0426. The number of amides is 1. The Morgan fingerprint density at radius 2 is 2.09 bits per heavy atom. The van der Waals surface area contributed by atoms with Crippen molar-refractivity contribution in [1.82, 2.24) is 14.6 Å². The molecule has 0 radical (unpaired) electrons. The fourth-order valence-corrected chi connectivity index (χ4v) is 3.06. The smallest absolute Gasteiger partial charge is 0.277 e. The zero-order valence-corrected chi connectivity index (χ0v) is 12.4. The van der Waals surface area contributed by atoms with E-state index < -0.39 is 0 Å². The Balaban J connectivity index is 1.78. The summed E-state index contributed by atoms with van der Waals surface area (Å²) in [5.74, 6) is -0.0426. The Bertz CT molecular complexity index is 868. The first-order valence-corrected chi connectivity index (χ1v) is 7.45. The summed E-state index contributed by atoms with van der Waals surface area (Å²) in [6.45, 7) is 2.67. The minimum Gasteiger partial charge on any atom is -0.307 e. The molecule has 5 heteroatoms. The standard InChI is InChI=1S/C17H16N4O/c1-12-11-14(19-16-8-9-18-21(12)16)17(22)20-10-4-6-13-5-2-3-7-15(13)20/h2-3,5,7-9,11H,4,6,10H2,1H3. The fraction of sp³-hybridized carbons (Fsp3) is 0.235. The lowest BCUT2D eigenvalue weighted by atomic mass is 10.0. The maximum absolute atomic E-state index is 12.9. The molecule has 0 bridgehead atoms. The number of fused-ring (bicyclic) bond motifs is 2. The first kappa shape index (κ1) is 13.0. The van der Waals surface area contributed by atoms with Crippen LogP contribution < -0.4 is 4.90 Å². The van der Waals surface area contributed by atoms with Gasteiger partial charge in [-0.25, -0.2) is 9.50 Å². The highest BCUT2D eigenvalue weighted by Gasteiger charge is 2.24. The maximum atomic E-state index is 12.9. The van der Waals surface area contributed by atoms with Crippen molar-refractivity contribution in [2.75, 3.05) is 11.4 Å². The van der Waals surface area contributed by atoms with Gasteiger partial charge in [0.25, 0.3) is 5.91 Å². The number of para-hydroxylation sites is 1. The van der Waals surface area contributed by atoms with Crippen molar-refractivity contribution >= 4 is 17.2 Å². The Labute approximate surface area is 128 Å². The highest BCUT2D eigenvalue weighted by molar-refractivity contribution is 6.05. The second-order valence-electron chi connectivity index (χ2n) is 5.57. The minimum atomic E-state index is -0.0426. The van der Waals surface area contributed by atoms with Crippen LogP contribution in [0, 0.1) is 6.92 Å². The third-order valence-electron chi connectivity index (χ3n) is 4.11. The van der Waals surface area contributed by atoms with Crippen molar-refractivity contribution in [2.24, 2.45) is 0 Å².